The van der Waals surface area contributed by atoms with Crippen molar-refractivity contribution in [2.75, 3.05) is 13.7 Å². The Labute approximate surface area is 121 Å². The zero-order valence-electron chi connectivity index (χ0n) is 12.6. The molecule has 1 aromatic carbocycles. The van der Waals surface area contributed by atoms with Crippen LogP contribution >= 0.6 is 0 Å². The lowest BCUT2D eigenvalue weighted by atomic mass is 9.86. The van der Waals surface area contributed by atoms with Crippen molar-refractivity contribution in [1.29, 1.82) is 0 Å². The molecule has 0 aromatic heterocycles. The van der Waals surface area contributed by atoms with Crippen LogP contribution in [0.4, 0.5) is 4.39 Å². The van der Waals surface area contributed by atoms with Crippen molar-refractivity contribution in [3.63, 3.8) is 0 Å². The van der Waals surface area contributed by atoms with Crippen LogP contribution in [0.15, 0.2) is 18.2 Å². The number of rotatable bonds is 5. The van der Waals surface area contributed by atoms with Gasteiger partial charge in [-0.05, 0) is 31.4 Å². The van der Waals surface area contributed by atoms with E-state index in [1.807, 2.05) is 12.1 Å². The molecular formula is C17H26FNO. The van der Waals surface area contributed by atoms with Gasteiger partial charge in [0.25, 0.3) is 0 Å². The Hall–Kier alpha value is -1.09. The third kappa shape index (κ3) is 3.51. The first-order valence-electron chi connectivity index (χ1n) is 7.83. The van der Waals surface area contributed by atoms with Crippen molar-refractivity contribution in [1.82, 2.24) is 5.32 Å². The number of benzene rings is 1. The van der Waals surface area contributed by atoms with Crippen molar-refractivity contribution in [2.45, 2.75) is 51.5 Å². The van der Waals surface area contributed by atoms with E-state index in [0.29, 0.717) is 11.7 Å². The fourth-order valence-corrected chi connectivity index (χ4v) is 3.32. The number of ether oxygens (including phenoxy) is 1. The van der Waals surface area contributed by atoms with Gasteiger partial charge in [0.05, 0.1) is 7.11 Å². The largest absolute Gasteiger partial charge is 0.494 e. The third-order valence-corrected chi connectivity index (χ3v) is 4.34. The molecule has 1 unspecified atom stereocenters. The summed E-state index contributed by atoms with van der Waals surface area (Å²) >= 11 is 0. The third-order valence-electron chi connectivity index (χ3n) is 4.34. The second-order valence-corrected chi connectivity index (χ2v) is 5.65. The average molecular weight is 279 g/mol. The number of hydrogen-bond acceptors (Lipinski definition) is 2. The molecule has 2 rings (SSSR count). The molecule has 1 atom stereocenters. The molecule has 1 aromatic rings. The standard InChI is InChI=1S/C17H26FNO/c1-3-19-17(13-9-6-4-5-7-10-13)14-11-8-12-15(20-2)16(14)18/h8,11-13,17,19H,3-7,9-10H2,1-2H3. The number of halogens is 1. The Morgan fingerprint density at radius 2 is 1.95 bits per heavy atom. The monoisotopic (exact) mass is 279 g/mol. The maximum Gasteiger partial charge on any atom is 0.169 e. The fraction of sp³-hybridized carbons (Fsp3) is 0.647. The minimum absolute atomic E-state index is 0.105. The number of nitrogens with one attached hydrogen (secondary N) is 1. The Morgan fingerprint density at radius 3 is 2.55 bits per heavy atom. The molecule has 1 N–H and O–H groups in total. The van der Waals surface area contributed by atoms with Gasteiger partial charge in [-0.25, -0.2) is 4.39 Å². The van der Waals surface area contributed by atoms with E-state index in [2.05, 4.69) is 12.2 Å². The molecule has 0 radical (unpaired) electrons. The summed E-state index contributed by atoms with van der Waals surface area (Å²) < 4.78 is 19.7. The second kappa shape index (κ2) is 7.63. The molecule has 1 saturated carbocycles. The van der Waals surface area contributed by atoms with E-state index in [1.165, 1.54) is 45.6 Å². The van der Waals surface area contributed by atoms with E-state index >= 15 is 0 Å². The highest BCUT2D eigenvalue weighted by Gasteiger charge is 2.26. The van der Waals surface area contributed by atoms with Gasteiger partial charge >= 0.3 is 0 Å². The molecule has 0 spiro atoms. The Balaban J connectivity index is 2.27. The van der Waals surface area contributed by atoms with Crippen molar-refractivity contribution in [2.24, 2.45) is 5.92 Å². The minimum atomic E-state index is -0.204. The lowest BCUT2D eigenvalue weighted by molar-refractivity contribution is 0.315. The topological polar surface area (TPSA) is 21.3 Å². The lowest BCUT2D eigenvalue weighted by Gasteiger charge is -2.28. The summed E-state index contributed by atoms with van der Waals surface area (Å²) in [6.45, 7) is 2.94. The molecule has 0 heterocycles. The van der Waals surface area contributed by atoms with E-state index in [-0.39, 0.29) is 11.9 Å². The average Bonchev–Trinajstić information content (AvgIpc) is 2.74. The van der Waals surface area contributed by atoms with Gasteiger partial charge in [-0.1, -0.05) is 44.7 Å². The van der Waals surface area contributed by atoms with Crippen LogP contribution in [0, 0.1) is 11.7 Å². The highest BCUT2D eigenvalue weighted by atomic mass is 19.1. The summed E-state index contributed by atoms with van der Waals surface area (Å²) in [4.78, 5) is 0. The smallest absolute Gasteiger partial charge is 0.169 e. The zero-order valence-corrected chi connectivity index (χ0v) is 12.6. The van der Waals surface area contributed by atoms with Gasteiger partial charge in [0.2, 0.25) is 0 Å². The highest BCUT2D eigenvalue weighted by molar-refractivity contribution is 5.33. The summed E-state index contributed by atoms with van der Waals surface area (Å²) in [5.41, 5.74) is 0.762. The summed E-state index contributed by atoms with van der Waals surface area (Å²) in [5, 5.41) is 3.49. The fourth-order valence-electron chi connectivity index (χ4n) is 3.32. The van der Waals surface area contributed by atoms with E-state index in [0.717, 1.165) is 12.1 Å². The molecule has 1 aliphatic rings. The van der Waals surface area contributed by atoms with Crippen molar-refractivity contribution in [3.8, 4) is 5.75 Å². The van der Waals surface area contributed by atoms with Gasteiger partial charge in [0, 0.05) is 11.6 Å². The van der Waals surface area contributed by atoms with E-state index < -0.39 is 0 Å². The van der Waals surface area contributed by atoms with E-state index in [1.54, 1.807) is 6.07 Å². The van der Waals surface area contributed by atoms with Gasteiger partial charge < -0.3 is 10.1 Å². The number of hydrogen-bond donors (Lipinski definition) is 1. The number of methoxy groups -OCH3 is 1. The predicted molar refractivity (Wildman–Crippen MR) is 80.6 cm³/mol. The molecule has 1 fully saturated rings. The molecule has 0 aliphatic heterocycles. The Bertz CT molecular complexity index is 413. The maximum atomic E-state index is 14.5. The van der Waals surface area contributed by atoms with Crippen LogP contribution < -0.4 is 10.1 Å². The van der Waals surface area contributed by atoms with Crippen LogP contribution in [0.25, 0.3) is 0 Å². The zero-order chi connectivity index (χ0) is 14.4. The van der Waals surface area contributed by atoms with Crippen LogP contribution in [0.3, 0.4) is 0 Å². The molecule has 3 heteroatoms. The first-order chi connectivity index (χ1) is 9.77. The van der Waals surface area contributed by atoms with Gasteiger partial charge in [0.1, 0.15) is 0 Å². The SMILES string of the molecule is CCNC(c1cccc(OC)c1F)C1CCCCCC1. The van der Waals surface area contributed by atoms with Crippen molar-refractivity contribution < 1.29 is 9.13 Å². The molecule has 0 amide bonds. The summed E-state index contributed by atoms with van der Waals surface area (Å²) in [5.74, 6) is 0.670. The van der Waals surface area contributed by atoms with Crippen LogP contribution in [0.5, 0.6) is 5.75 Å². The summed E-state index contributed by atoms with van der Waals surface area (Å²) in [7, 11) is 1.52. The van der Waals surface area contributed by atoms with E-state index in [9.17, 15) is 4.39 Å². The van der Waals surface area contributed by atoms with Gasteiger partial charge in [-0.2, -0.15) is 0 Å². The van der Waals surface area contributed by atoms with Crippen LogP contribution in [-0.4, -0.2) is 13.7 Å². The normalized spacial score (nSPS) is 18.6. The molecule has 1 aliphatic carbocycles. The maximum absolute atomic E-state index is 14.5. The lowest BCUT2D eigenvalue weighted by Crippen LogP contribution is -2.29. The van der Waals surface area contributed by atoms with E-state index in [4.69, 9.17) is 4.74 Å². The quantitative estimate of drug-likeness (QED) is 0.804. The highest BCUT2D eigenvalue weighted by Crippen LogP contribution is 2.36. The molecule has 2 nitrogen and oxygen atoms in total. The minimum Gasteiger partial charge on any atom is -0.494 e. The molecular weight excluding hydrogens is 253 g/mol. The van der Waals surface area contributed by atoms with Gasteiger partial charge in [-0.3, -0.25) is 0 Å². The van der Waals surface area contributed by atoms with Crippen LogP contribution in [0.1, 0.15) is 57.1 Å². The molecule has 112 valence electrons. The Morgan fingerprint density at radius 1 is 1.25 bits per heavy atom. The first-order valence-corrected chi connectivity index (χ1v) is 7.83. The van der Waals surface area contributed by atoms with Crippen molar-refractivity contribution >= 4 is 0 Å². The summed E-state index contributed by atoms with van der Waals surface area (Å²) in [6.07, 6.45) is 7.53. The summed E-state index contributed by atoms with van der Waals surface area (Å²) in [6, 6.07) is 5.58. The van der Waals surface area contributed by atoms with Gasteiger partial charge in [0.15, 0.2) is 11.6 Å². The molecule has 20 heavy (non-hydrogen) atoms. The van der Waals surface area contributed by atoms with Crippen LogP contribution in [-0.2, 0) is 0 Å². The first kappa shape index (κ1) is 15.3. The predicted octanol–water partition coefficient (Wildman–Crippen LogP) is 4.46. The van der Waals surface area contributed by atoms with Crippen molar-refractivity contribution in [3.05, 3.63) is 29.6 Å². The second-order valence-electron chi connectivity index (χ2n) is 5.65. The molecule has 0 bridgehead atoms. The van der Waals surface area contributed by atoms with Crippen LogP contribution in [0.2, 0.25) is 0 Å². The molecule has 0 saturated heterocycles. The van der Waals surface area contributed by atoms with Gasteiger partial charge in [-0.15, -0.1) is 0 Å². The Kier molecular flexibility index (Phi) is 5.84.